The van der Waals surface area contributed by atoms with Crippen molar-refractivity contribution in [2.75, 3.05) is 6.54 Å². The van der Waals surface area contributed by atoms with Crippen LogP contribution in [-0.4, -0.2) is 26.5 Å². The van der Waals surface area contributed by atoms with E-state index in [1.54, 1.807) is 11.3 Å². The van der Waals surface area contributed by atoms with E-state index in [1.165, 1.54) is 4.70 Å². The average Bonchev–Trinajstić information content (AvgIpc) is 3.04. The van der Waals surface area contributed by atoms with Crippen LogP contribution in [0.2, 0.25) is 0 Å². The summed E-state index contributed by atoms with van der Waals surface area (Å²) in [6.45, 7) is 7.17. The van der Waals surface area contributed by atoms with E-state index >= 15 is 0 Å². The van der Waals surface area contributed by atoms with Crippen molar-refractivity contribution >= 4 is 21.6 Å². The Morgan fingerprint density at radius 2 is 2.25 bits per heavy atom. The molecule has 0 aliphatic carbocycles. The summed E-state index contributed by atoms with van der Waals surface area (Å²) in [6.07, 6.45) is 0. The highest BCUT2D eigenvalue weighted by molar-refractivity contribution is 7.16. The molecule has 1 atom stereocenters. The van der Waals surface area contributed by atoms with Crippen LogP contribution < -0.4 is 5.32 Å². The van der Waals surface area contributed by atoms with Gasteiger partial charge in [0.1, 0.15) is 5.69 Å². The summed E-state index contributed by atoms with van der Waals surface area (Å²) in [5.41, 5.74) is 5.99. The molecule has 3 rings (SSSR count). The molecule has 1 N–H and O–H groups in total. The van der Waals surface area contributed by atoms with Crippen molar-refractivity contribution in [3.05, 3.63) is 35.1 Å². The van der Waals surface area contributed by atoms with E-state index in [0.717, 1.165) is 29.1 Å². The Hall–Kier alpha value is -1.79. The molecule has 0 aliphatic heterocycles. The first-order chi connectivity index (χ1) is 9.70. The lowest BCUT2D eigenvalue weighted by Gasteiger charge is -2.10. The molecule has 3 aromatic rings. The van der Waals surface area contributed by atoms with Gasteiger partial charge in [-0.3, -0.25) is 0 Å². The first-order valence-electron chi connectivity index (χ1n) is 6.70. The molecule has 6 heteroatoms. The van der Waals surface area contributed by atoms with E-state index in [1.807, 2.05) is 22.3 Å². The van der Waals surface area contributed by atoms with Crippen molar-refractivity contribution in [2.45, 2.75) is 26.8 Å². The van der Waals surface area contributed by atoms with Crippen LogP contribution in [0.25, 0.3) is 15.9 Å². The molecule has 1 unspecified atom stereocenters. The maximum absolute atomic E-state index is 4.32. The summed E-state index contributed by atoms with van der Waals surface area (Å²) in [4.78, 5) is 4.30. The zero-order valence-electron chi connectivity index (χ0n) is 11.8. The molecule has 0 amide bonds. The Kier molecular flexibility index (Phi) is 3.50. The van der Waals surface area contributed by atoms with E-state index in [0.29, 0.717) is 0 Å². The van der Waals surface area contributed by atoms with Gasteiger partial charge in [-0.1, -0.05) is 12.1 Å². The largest absolute Gasteiger partial charge is 0.309 e. The molecule has 0 radical (unpaired) electrons. The summed E-state index contributed by atoms with van der Waals surface area (Å²) in [6, 6.07) is 6.37. The van der Waals surface area contributed by atoms with Crippen molar-refractivity contribution in [1.29, 1.82) is 0 Å². The Morgan fingerprint density at radius 1 is 1.40 bits per heavy atom. The first-order valence-corrected chi connectivity index (χ1v) is 7.58. The molecular weight excluding hydrogens is 270 g/mol. The number of hydrogen-bond donors (Lipinski definition) is 1. The lowest BCUT2D eigenvalue weighted by Crippen LogP contribution is -2.19. The number of fused-ring (bicyclic) bond motifs is 1. The maximum atomic E-state index is 4.32. The highest BCUT2D eigenvalue weighted by Gasteiger charge is 2.15. The SMILES string of the molecule is CCNC(C)c1nnn(-c2ccc3ncsc3c2)c1C. The van der Waals surface area contributed by atoms with Crippen LogP contribution in [0.15, 0.2) is 23.7 Å². The van der Waals surface area contributed by atoms with E-state index in [2.05, 4.69) is 47.5 Å². The topological polar surface area (TPSA) is 55.6 Å². The monoisotopic (exact) mass is 287 g/mol. The molecule has 20 heavy (non-hydrogen) atoms. The zero-order chi connectivity index (χ0) is 14.1. The third kappa shape index (κ3) is 2.21. The Morgan fingerprint density at radius 3 is 3.05 bits per heavy atom. The molecular formula is C14H17N5S. The van der Waals surface area contributed by atoms with Crippen molar-refractivity contribution < 1.29 is 0 Å². The van der Waals surface area contributed by atoms with Gasteiger partial charge in [0, 0.05) is 0 Å². The van der Waals surface area contributed by atoms with Crippen molar-refractivity contribution in [2.24, 2.45) is 0 Å². The molecule has 5 nitrogen and oxygen atoms in total. The molecule has 2 heterocycles. The molecule has 104 valence electrons. The zero-order valence-corrected chi connectivity index (χ0v) is 12.6. The summed E-state index contributed by atoms with van der Waals surface area (Å²) >= 11 is 1.64. The van der Waals surface area contributed by atoms with Gasteiger partial charge in [-0.05, 0) is 38.6 Å². The van der Waals surface area contributed by atoms with Gasteiger partial charge in [0.25, 0.3) is 0 Å². The number of hydrogen-bond acceptors (Lipinski definition) is 5. The number of thiazole rings is 1. The Balaban J connectivity index is 2.01. The third-order valence-electron chi connectivity index (χ3n) is 3.41. The molecule has 0 bridgehead atoms. The normalized spacial score (nSPS) is 12.9. The first kappa shape index (κ1) is 13.2. The molecule has 0 saturated carbocycles. The second kappa shape index (κ2) is 5.30. The van der Waals surface area contributed by atoms with Gasteiger partial charge in [-0.25, -0.2) is 9.67 Å². The van der Waals surface area contributed by atoms with E-state index in [9.17, 15) is 0 Å². The van der Waals surface area contributed by atoms with Crippen LogP contribution in [0.1, 0.15) is 31.3 Å². The molecule has 0 fully saturated rings. The maximum Gasteiger partial charge on any atom is 0.103 e. The lowest BCUT2D eigenvalue weighted by atomic mass is 10.2. The summed E-state index contributed by atoms with van der Waals surface area (Å²) in [7, 11) is 0. The van der Waals surface area contributed by atoms with E-state index in [-0.39, 0.29) is 6.04 Å². The minimum Gasteiger partial charge on any atom is -0.309 e. The summed E-state index contributed by atoms with van der Waals surface area (Å²) < 4.78 is 3.06. The highest BCUT2D eigenvalue weighted by Crippen LogP contribution is 2.23. The number of benzene rings is 1. The second-order valence-electron chi connectivity index (χ2n) is 4.76. The fourth-order valence-corrected chi connectivity index (χ4v) is 3.07. The molecule has 0 saturated heterocycles. The van der Waals surface area contributed by atoms with Gasteiger partial charge in [-0.15, -0.1) is 16.4 Å². The van der Waals surface area contributed by atoms with Gasteiger partial charge < -0.3 is 5.32 Å². The molecule has 2 aromatic heterocycles. The molecule has 0 aliphatic rings. The minimum absolute atomic E-state index is 0.209. The quantitative estimate of drug-likeness (QED) is 0.801. The molecule has 0 spiro atoms. The number of aromatic nitrogens is 4. The van der Waals surface area contributed by atoms with Gasteiger partial charge in [-0.2, -0.15) is 0 Å². The fourth-order valence-electron chi connectivity index (χ4n) is 2.36. The third-order valence-corrected chi connectivity index (χ3v) is 4.20. The van der Waals surface area contributed by atoms with Crippen LogP contribution in [0.3, 0.4) is 0 Å². The highest BCUT2D eigenvalue weighted by atomic mass is 32.1. The Bertz CT molecular complexity index is 730. The van der Waals surface area contributed by atoms with E-state index in [4.69, 9.17) is 0 Å². The fraction of sp³-hybridized carbons (Fsp3) is 0.357. The lowest BCUT2D eigenvalue weighted by molar-refractivity contribution is 0.579. The summed E-state index contributed by atoms with van der Waals surface area (Å²) in [5, 5.41) is 12.0. The van der Waals surface area contributed by atoms with Crippen LogP contribution in [0, 0.1) is 6.92 Å². The number of nitrogens with one attached hydrogen (secondary N) is 1. The van der Waals surface area contributed by atoms with Crippen LogP contribution in [0.5, 0.6) is 0 Å². The number of rotatable bonds is 4. The van der Waals surface area contributed by atoms with Crippen molar-refractivity contribution in [3.8, 4) is 5.69 Å². The predicted molar refractivity (Wildman–Crippen MR) is 81.4 cm³/mol. The predicted octanol–water partition coefficient (Wildman–Crippen LogP) is 2.86. The second-order valence-corrected chi connectivity index (χ2v) is 5.64. The number of nitrogens with zero attached hydrogens (tertiary/aromatic N) is 4. The van der Waals surface area contributed by atoms with Gasteiger partial charge in [0.15, 0.2) is 0 Å². The minimum atomic E-state index is 0.209. The van der Waals surface area contributed by atoms with Gasteiger partial charge in [0.05, 0.1) is 33.2 Å². The smallest absolute Gasteiger partial charge is 0.103 e. The van der Waals surface area contributed by atoms with Crippen LogP contribution in [0.4, 0.5) is 0 Å². The standard InChI is InChI=1S/C14H17N5S/c1-4-15-9(2)14-10(3)19(18-17-14)11-5-6-12-13(7-11)20-8-16-12/h5-9,15H,4H2,1-3H3. The van der Waals surface area contributed by atoms with Crippen LogP contribution in [-0.2, 0) is 0 Å². The van der Waals surface area contributed by atoms with Crippen molar-refractivity contribution in [1.82, 2.24) is 25.3 Å². The Labute approximate surface area is 121 Å². The van der Waals surface area contributed by atoms with Crippen molar-refractivity contribution in [3.63, 3.8) is 0 Å². The average molecular weight is 287 g/mol. The van der Waals surface area contributed by atoms with Crippen LogP contribution >= 0.6 is 11.3 Å². The van der Waals surface area contributed by atoms with Gasteiger partial charge in [0.2, 0.25) is 0 Å². The summed E-state index contributed by atoms with van der Waals surface area (Å²) in [5.74, 6) is 0. The molecule has 1 aromatic carbocycles. The van der Waals surface area contributed by atoms with E-state index < -0.39 is 0 Å². The van der Waals surface area contributed by atoms with Gasteiger partial charge >= 0.3 is 0 Å².